The third-order valence-electron chi connectivity index (χ3n) is 6.11. The molecule has 2 aromatic carbocycles. The summed E-state index contributed by atoms with van der Waals surface area (Å²) in [6.45, 7) is 0.560. The summed E-state index contributed by atoms with van der Waals surface area (Å²) in [4.78, 5) is 25.6. The second kappa shape index (κ2) is 9.97. The van der Waals surface area contributed by atoms with Crippen molar-refractivity contribution in [3.05, 3.63) is 107 Å². The second-order valence-corrected chi connectivity index (χ2v) is 8.51. The maximum absolute atomic E-state index is 13.4. The van der Waals surface area contributed by atoms with Gasteiger partial charge in [0.05, 0.1) is 18.5 Å². The van der Waals surface area contributed by atoms with Gasteiger partial charge >= 0.3 is 0 Å². The van der Waals surface area contributed by atoms with Crippen molar-refractivity contribution in [2.75, 3.05) is 0 Å². The molecule has 2 heterocycles. The van der Waals surface area contributed by atoms with E-state index in [1.165, 1.54) is 12.1 Å². The van der Waals surface area contributed by atoms with Gasteiger partial charge in [-0.15, -0.1) is 0 Å². The number of fused-ring (bicyclic) bond motifs is 1. The minimum atomic E-state index is -0.315. The molecule has 2 aromatic heterocycles. The van der Waals surface area contributed by atoms with E-state index < -0.39 is 0 Å². The number of nitrogens with one attached hydrogen (secondary N) is 2. The molecule has 5 rings (SSSR count). The van der Waals surface area contributed by atoms with Crippen molar-refractivity contribution in [3.63, 3.8) is 0 Å². The highest BCUT2D eigenvalue weighted by Crippen LogP contribution is 2.27. The van der Waals surface area contributed by atoms with E-state index in [1.807, 2.05) is 6.07 Å². The Labute approximate surface area is 202 Å². The van der Waals surface area contributed by atoms with Gasteiger partial charge in [-0.1, -0.05) is 12.1 Å². The number of aromatic nitrogens is 2. The van der Waals surface area contributed by atoms with Gasteiger partial charge in [-0.25, -0.2) is 9.07 Å². The Kier molecular flexibility index (Phi) is 6.43. The molecule has 0 unspecified atom stereocenters. The lowest BCUT2D eigenvalue weighted by Crippen LogP contribution is -2.25. The third-order valence-corrected chi connectivity index (χ3v) is 6.11. The van der Waals surface area contributed by atoms with Crippen LogP contribution in [0.2, 0.25) is 0 Å². The Bertz CT molecular complexity index is 1340. The first-order valence-electron chi connectivity index (χ1n) is 11.6. The van der Waals surface area contributed by atoms with Gasteiger partial charge in [0.15, 0.2) is 5.69 Å². The van der Waals surface area contributed by atoms with Gasteiger partial charge in [0.2, 0.25) is 0 Å². The number of benzene rings is 2. The fourth-order valence-corrected chi connectivity index (χ4v) is 4.35. The molecule has 0 fully saturated rings. The Morgan fingerprint density at radius 3 is 2.54 bits per heavy atom. The highest BCUT2D eigenvalue weighted by atomic mass is 19.1. The maximum atomic E-state index is 13.4. The van der Waals surface area contributed by atoms with E-state index in [9.17, 15) is 14.0 Å². The summed E-state index contributed by atoms with van der Waals surface area (Å²) in [6, 6.07) is 16.8. The first kappa shape index (κ1) is 22.6. The van der Waals surface area contributed by atoms with E-state index in [0.29, 0.717) is 23.6 Å². The van der Waals surface area contributed by atoms with Crippen molar-refractivity contribution in [2.45, 2.75) is 38.8 Å². The summed E-state index contributed by atoms with van der Waals surface area (Å²) >= 11 is 0. The fraction of sp³-hybridized carbons (Fsp3) is 0.222. The van der Waals surface area contributed by atoms with Gasteiger partial charge in [-0.05, 0) is 79.8 Å². The molecule has 2 N–H and O–H groups in total. The topological polar surface area (TPSA) is 89.2 Å². The van der Waals surface area contributed by atoms with Crippen LogP contribution in [0.5, 0.6) is 0 Å². The van der Waals surface area contributed by atoms with Gasteiger partial charge in [0.1, 0.15) is 11.6 Å². The third kappa shape index (κ3) is 5.01. The molecule has 0 spiro atoms. The summed E-state index contributed by atoms with van der Waals surface area (Å²) in [6.07, 6.45) is 5.19. The largest absolute Gasteiger partial charge is 0.467 e. The van der Waals surface area contributed by atoms with Crippen LogP contribution in [0.15, 0.2) is 71.3 Å². The molecule has 0 radical (unpaired) electrons. The van der Waals surface area contributed by atoms with Gasteiger partial charge in [-0.2, -0.15) is 5.10 Å². The molecule has 0 saturated carbocycles. The molecule has 0 saturated heterocycles. The summed E-state index contributed by atoms with van der Waals surface area (Å²) in [5, 5.41) is 10.4. The Balaban J connectivity index is 1.29. The minimum Gasteiger partial charge on any atom is -0.467 e. The monoisotopic (exact) mass is 472 g/mol. The second-order valence-electron chi connectivity index (χ2n) is 8.51. The van der Waals surface area contributed by atoms with Crippen LogP contribution in [0.25, 0.3) is 5.69 Å². The first-order chi connectivity index (χ1) is 17.1. The van der Waals surface area contributed by atoms with Crippen LogP contribution in [0, 0.1) is 5.82 Å². The average molecular weight is 473 g/mol. The minimum absolute atomic E-state index is 0.221. The molecular weight excluding hydrogens is 447 g/mol. The summed E-state index contributed by atoms with van der Waals surface area (Å²) in [7, 11) is 0. The Hall–Kier alpha value is -4.20. The van der Waals surface area contributed by atoms with Crippen LogP contribution in [0.3, 0.4) is 0 Å². The van der Waals surface area contributed by atoms with Crippen molar-refractivity contribution in [1.29, 1.82) is 0 Å². The average Bonchev–Trinajstić information content (AvgIpc) is 3.55. The molecule has 2 amide bonds. The van der Waals surface area contributed by atoms with Crippen molar-refractivity contribution in [3.8, 4) is 5.69 Å². The molecule has 178 valence electrons. The molecule has 1 aliphatic rings. The van der Waals surface area contributed by atoms with Crippen LogP contribution < -0.4 is 10.6 Å². The Morgan fingerprint density at radius 2 is 1.74 bits per heavy atom. The van der Waals surface area contributed by atoms with E-state index in [1.54, 1.807) is 53.4 Å². The Morgan fingerprint density at radius 1 is 0.943 bits per heavy atom. The molecule has 7 nitrogen and oxygen atoms in total. The van der Waals surface area contributed by atoms with Gasteiger partial charge in [0.25, 0.3) is 11.8 Å². The van der Waals surface area contributed by atoms with E-state index in [4.69, 9.17) is 4.42 Å². The molecular formula is C27H25FN4O3. The summed E-state index contributed by atoms with van der Waals surface area (Å²) < 4.78 is 20.4. The molecule has 4 aromatic rings. The van der Waals surface area contributed by atoms with Crippen LogP contribution in [0.4, 0.5) is 4.39 Å². The standard InChI is InChI=1S/C27H25FN4O3/c28-20-10-12-21(13-11-20)32-24-9-2-1-8-23(24)25(31-32)27(34)29-16-18-5-3-6-19(15-18)26(33)30-17-22-7-4-14-35-22/h3-7,10-15H,1-2,8-9,16-17H2,(H,29,34)(H,30,33). The number of hydrogen-bond acceptors (Lipinski definition) is 4. The van der Waals surface area contributed by atoms with Crippen molar-refractivity contribution in [1.82, 2.24) is 20.4 Å². The summed E-state index contributed by atoms with van der Waals surface area (Å²) in [5.74, 6) is -0.131. The summed E-state index contributed by atoms with van der Waals surface area (Å²) in [5.41, 5.74) is 4.39. The number of hydrogen-bond donors (Lipinski definition) is 2. The van der Waals surface area contributed by atoms with Crippen molar-refractivity contribution >= 4 is 11.8 Å². The quantitative estimate of drug-likeness (QED) is 0.419. The number of amides is 2. The van der Waals surface area contributed by atoms with Crippen LogP contribution in [-0.4, -0.2) is 21.6 Å². The van der Waals surface area contributed by atoms with Gasteiger partial charge in [0, 0.05) is 23.4 Å². The number of rotatable bonds is 7. The number of furan rings is 1. The van der Waals surface area contributed by atoms with Crippen molar-refractivity contribution in [2.24, 2.45) is 0 Å². The number of nitrogens with zero attached hydrogens (tertiary/aromatic N) is 2. The zero-order chi connectivity index (χ0) is 24.2. The highest BCUT2D eigenvalue weighted by Gasteiger charge is 2.25. The molecule has 8 heteroatoms. The first-order valence-corrected chi connectivity index (χ1v) is 11.6. The van der Waals surface area contributed by atoms with E-state index in [-0.39, 0.29) is 24.2 Å². The molecule has 0 bridgehead atoms. The van der Waals surface area contributed by atoms with Crippen LogP contribution in [0.1, 0.15) is 56.3 Å². The zero-order valence-corrected chi connectivity index (χ0v) is 19.1. The van der Waals surface area contributed by atoms with Crippen molar-refractivity contribution < 1.29 is 18.4 Å². The predicted molar refractivity (Wildman–Crippen MR) is 128 cm³/mol. The zero-order valence-electron chi connectivity index (χ0n) is 19.1. The predicted octanol–water partition coefficient (Wildman–Crippen LogP) is 4.34. The van der Waals surface area contributed by atoms with Crippen LogP contribution in [-0.2, 0) is 25.9 Å². The lowest BCUT2D eigenvalue weighted by atomic mass is 9.95. The number of carbonyl (C=O) groups is 2. The van der Waals surface area contributed by atoms with E-state index in [0.717, 1.165) is 48.2 Å². The lowest BCUT2D eigenvalue weighted by molar-refractivity contribution is 0.0940. The fourth-order valence-electron chi connectivity index (χ4n) is 4.35. The molecule has 0 aliphatic heterocycles. The highest BCUT2D eigenvalue weighted by molar-refractivity contribution is 5.95. The SMILES string of the molecule is O=C(NCc1ccco1)c1cccc(CNC(=O)c2nn(-c3ccc(F)cc3)c3c2CCCC3)c1. The van der Waals surface area contributed by atoms with Crippen LogP contribution >= 0.6 is 0 Å². The smallest absolute Gasteiger partial charge is 0.272 e. The normalized spacial score (nSPS) is 12.7. The van der Waals surface area contributed by atoms with E-state index in [2.05, 4.69) is 15.7 Å². The number of carbonyl (C=O) groups excluding carboxylic acids is 2. The van der Waals surface area contributed by atoms with E-state index >= 15 is 0 Å². The molecule has 35 heavy (non-hydrogen) atoms. The van der Waals surface area contributed by atoms with Gasteiger partial charge in [-0.3, -0.25) is 9.59 Å². The number of halogens is 1. The maximum Gasteiger partial charge on any atom is 0.272 e. The van der Waals surface area contributed by atoms with Gasteiger partial charge < -0.3 is 15.1 Å². The molecule has 1 aliphatic carbocycles. The molecule has 0 atom stereocenters. The lowest BCUT2D eigenvalue weighted by Gasteiger charge is -2.14.